The minimum absolute atomic E-state index is 0.0665. The number of carbonyl (C=O) groups excluding carboxylic acids is 1. The Morgan fingerprint density at radius 3 is 2.48 bits per heavy atom. The lowest BCUT2D eigenvalue weighted by Gasteiger charge is -2.12. The third-order valence-electron chi connectivity index (χ3n) is 4.04. The second-order valence-corrected chi connectivity index (χ2v) is 6.51. The highest BCUT2D eigenvalue weighted by atomic mass is 35.5. The molecule has 3 aromatic rings. The van der Waals surface area contributed by atoms with E-state index < -0.39 is 0 Å². The van der Waals surface area contributed by atoms with Gasteiger partial charge in [0.05, 0.1) is 0 Å². The van der Waals surface area contributed by atoms with Crippen LogP contribution in [0.15, 0.2) is 71.1 Å². The molecule has 128 valence electrons. The SMILES string of the molecule is CC(CCc1ccccc1)NC(=O)c1ccc(-c2ccc(Cl)cc2)o1. The predicted octanol–water partition coefficient (Wildman–Crippen LogP) is 5.35. The lowest BCUT2D eigenvalue weighted by atomic mass is 10.1. The van der Waals surface area contributed by atoms with Crippen molar-refractivity contribution in [1.29, 1.82) is 0 Å². The summed E-state index contributed by atoms with van der Waals surface area (Å²) in [6.45, 7) is 2.00. The first kappa shape index (κ1) is 17.3. The van der Waals surface area contributed by atoms with Crippen LogP contribution in [0.5, 0.6) is 0 Å². The van der Waals surface area contributed by atoms with Crippen molar-refractivity contribution in [3.8, 4) is 11.3 Å². The molecule has 3 nitrogen and oxygen atoms in total. The van der Waals surface area contributed by atoms with Crippen molar-refractivity contribution in [1.82, 2.24) is 5.32 Å². The van der Waals surface area contributed by atoms with Crippen LogP contribution in [0.1, 0.15) is 29.5 Å². The highest BCUT2D eigenvalue weighted by Gasteiger charge is 2.14. The van der Waals surface area contributed by atoms with Crippen molar-refractivity contribution in [2.75, 3.05) is 0 Å². The molecule has 25 heavy (non-hydrogen) atoms. The first-order valence-corrected chi connectivity index (χ1v) is 8.70. The van der Waals surface area contributed by atoms with Gasteiger partial charge in [-0.15, -0.1) is 0 Å². The number of aryl methyl sites for hydroxylation is 1. The van der Waals surface area contributed by atoms with Crippen molar-refractivity contribution in [3.05, 3.63) is 83.1 Å². The Balaban J connectivity index is 1.57. The van der Waals surface area contributed by atoms with Crippen LogP contribution < -0.4 is 5.32 Å². The Labute approximate surface area is 152 Å². The van der Waals surface area contributed by atoms with E-state index in [1.807, 2.05) is 37.3 Å². The van der Waals surface area contributed by atoms with Crippen molar-refractivity contribution in [2.45, 2.75) is 25.8 Å². The molecule has 0 aliphatic carbocycles. The molecule has 0 aliphatic heterocycles. The summed E-state index contributed by atoms with van der Waals surface area (Å²) in [5.74, 6) is 0.774. The van der Waals surface area contributed by atoms with E-state index in [4.69, 9.17) is 16.0 Å². The minimum atomic E-state index is -0.194. The van der Waals surface area contributed by atoms with Crippen LogP contribution in [0.4, 0.5) is 0 Å². The Hall–Kier alpha value is -2.52. The van der Waals surface area contributed by atoms with E-state index in [0.717, 1.165) is 18.4 Å². The molecule has 3 rings (SSSR count). The molecule has 1 amide bonds. The molecule has 0 saturated carbocycles. The van der Waals surface area contributed by atoms with E-state index in [2.05, 4.69) is 17.4 Å². The van der Waals surface area contributed by atoms with Gasteiger partial charge in [-0.3, -0.25) is 4.79 Å². The van der Waals surface area contributed by atoms with E-state index in [9.17, 15) is 4.79 Å². The molecule has 1 aromatic heterocycles. The van der Waals surface area contributed by atoms with Crippen LogP contribution in [-0.4, -0.2) is 11.9 Å². The largest absolute Gasteiger partial charge is 0.451 e. The van der Waals surface area contributed by atoms with Gasteiger partial charge in [0.25, 0.3) is 5.91 Å². The average molecular weight is 354 g/mol. The van der Waals surface area contributed by atoms with Gasteiger partial charge in [-0.05, 0) is 61.7 Å². The van der Waals surface area contributed by atoms with Gasteiger partial charge in [0, 0.05) is 16.6 Å². The monoisotopic (exact) mass is 353 g/mol. The first-order chi connectivity index (χ1) is 12.1. The molecule has 4 heteroatoms. The maximum absolute atomic E-state index is 12.3. The Bertz CT molecular complexity index is 825. The Kier molecular flexibility index (Phi) is 5.56. The fraction of sp³-hybridized carbons (Fsp3) is 0.190. The normalized spacial score (nSPS) is 11.9. The predicted molar refractivity (Wildman–Crippen MR) is 101 cm³/mol. The summed E-state index contributed by atoms with van der Waals surface area (Å²) in [5, 5.41) is 3.65. The highest BCUT2D eigenvalue weighted by molar-refractivity contribution is 6.30. The number of carbonyl (C=O) groups is 1. The van der Waals surface area contributed by atoms with Gasteiger partial charge in [0.1, 0.15) is 5.76 Å². The summed E-state index contributed by atoms with van der Waals surface area (Å²) in [4.78, 5) is 12.3. The highest BCUT2D eigenvalue weighted by Crippen LogP contribution is 2.23. The third kappa shape index (κ3) is 4.74. The number of hydrogen-bond acceptors (Lipinski definition) is 2. The molecule has 2 aromatic carbocycles. The van der Waals surface area contributed by atoms with Crippen LogP contribution >= 0.6 is 11.6 Å². The molecule has 0 fully saturated rings. The standard InChI is InChI=1S/C21H20ClNO2/c1-15(7-8-16-5-3-2-4-6-16)23-21(24)20-14-13-19(25-20)17-9-11-18(22)12-10-17/h2-6,9-15H,7-8H2,1H3,(H,23,24). The molecule has 0 bridgehead atoms. The van der Waals surface area contributed by atoms with Crippen molar-refractivity contribution in [3.63, 3.8) is 0 Å². The topological polar surface area (TPSA) is 42.2 Å². The number of halogens is 1. The maximum atomic E-state index is 12.3. The van der Waals surface area contributed by atoms with Crippen molar-refractivity contribution in [2.24, 2.45) is 0 Å². The molecule has 0 radical (unpaired) electrons. The lowest BCUT2D eigenvalue weighted by molar-refractivity contribution is 0.0911. The van der Waals surface area contributed by atoms with E-state index >= 15 is 0 Å². The zero-order chi connectivity index (χ0) is 17.6. The number of hydrogen-bond donors (Lipinski definition) is 1. The molecule has 1 N–H and O–H groups in total. The third-order valence-corrected chi connectivity index (χ3v) is 4.30. The van der Waals surface area contributed by atoms with Gasteiger partial charge in [-0.25, -0.2) is 0 Å². The summed E-state index contributed by atoms with van der Waals surface area (Å²) in [6.07, 6.45) is 1.80. The van der Waals surface area contributed by atoms with Gasteiger partial charge < -0.3 is 9.73 Å². The summed E-state index contributed by atoms with van der Waals surface area (Å²) in [6, 6.07) is 21.1. The van der Waals surface area contributed by atoms with Gasteiger partial charge in [0.15, 0.2) is 5.76 Å². The molecular formula is C21H20ClNO2. The molecule has 0 aliphatic rings. The summed E-state index contributed by atoms with van der Waals surface area (Å²) < 4.78 is 5.68. The van der Waals surface area contributed by atoms with E-state index in [0.29, 0.717) is 16.5 Å². The zero-order valence-electron chi connectivity index (χ0n) is 14.0. The fourth-order valence-corrected chi connectivity index (χ4v) is 2.75. The average Bonchev–Trinajstić information content (AvgIpc) is 3.12. The number of furan rings is 1. The van der Waals surface area contributed by atoms with Gasteiger partial charge in [0.2, 0.25) is 0 Å². The number of nitrogens with one attached hydrogen (secondary N) is 1. The van der Waals surface area contributed by atoms with Gasteiger partial charge >= 0.3 is 0 Å². The maximum Gasteiger partial charge on any atom is 0.287 e. The van der Waals surface area contributed by atoms with Crippen LogP contribution in [-0.2, 0) is 6.42 Å². The molecule has 0 saturated heterocycles. The van der Waals surface area contributed by atoms with Crippen LogP contribution in [0.25, 0.3) is 11.3 Å². The van der Waals surface area contributed by atoms with Crippen LogP contribution in [0, 0.1) is 0 Å². The van der Waals surface area contributed by atoms with Gasteiger partial charge in [-0.2, -0.15) is 0 Å². The fourth-order valence-electron chi connectivity index (χ4n) is 2.62. The zero-order valence-corrected chi connectivity index (χ0v) is 14.8. The second kappa shape index (κ2) is 8.04. The minimum Gasteiger partial charge on any atom is -0.451 e. The molecule has 1 heterocycles. The van der Waals surface area contributed by atoms with Crippen molar-refractivity contribution >= 4 is 17.5 Å². The smallest absolute Gasteiger partial charge is 0.287 e. The van der Waals surface area contributed by atoms with E-state index in [1.54, 1.807) is 24.3 Å². The van der Waals surface area contributed by atoms with E-state index in [1.165, 1.54) is 5.56 Å². The second-order valence-electron chi connectivity index (χ2n) is 6.07. The quantitative estimate of drug-likeness (QED) is 0.649. The van der Waals surface area contributed by atoms with Crippen LogP contribution in [0.2, 0.25) is 5.02 Å². The summed E-state index contributed by atoms with van der Waals surface area (Å²) in [5.41, 5.74) is 2.16. The summed E-state index contributed by atoms with van der Waals surface area (Å²) in [7, 11) is 0. The number of rotatable bonds is 6. The van der Waals surface area contributed by atoms with Crippen LogP contribution in [0.3, 0.4) is 0 Å². The number of benzene rings is 2. The summed E-state index contributed by atoms with van der Waals surface area (Å²) >= 11 is 5.89. The molecule has 1 unspecified atom stereocenters. The van der Waals surface area contributed by atoms with E-state index in [-0.39, 0.29) is 11.9 Å². The Morgan fingerprint density at radius 1 is 1.04 bits per heavy atom. The lowest BCUT2D eigenvalue weighted by Crippen LogP contribution is -2.32. The number of amides is 1. The molecular weight excluding hydrogens is 334 g/mol. The van der Waals surface area contributed by atoms with Gasteiger partial charge in [-0.1, -0.05) is 41.9 Å². The molecule has 0 spiro atoms. The van der Waals surface area contributed by atoms with Crippen molar-refractivity contribution < 1.29 is 9.21 Å². The Morgan fingerprint density at radius 2 is 1.76 bits per heavy atom. The molecule has 1 atom stereocenters. The first-order valence-electron chi connectivity index (χ1n) is 8.32.